The van der Waals surface area contributed by atoms with Crippen molar-refractivity contribution in [2.45, 2.75) is 12.8 Å². The van der Waals surface area contributed by atoms with Gasteiger partial charge in [0.05, 0.1) is 0 Å². The number of benzene rings is 2. The van der Waals surface area contributed by atoms with Gasteiger partial charge in [-0.2, -0.15) is 0 Å². The Hall–Kier alpha value is -2.75. The van der Waals surface area contributed by atoms with Gasteiger partial charge in [0.15, 0.2) is 11.6 Å². The van der Waals surface area contributed by atoms with Crippen molar-refractivity contribution >= 4 is 17.5 Å². The Morgan fingerprint density at radius 1 is 0.952 bits per heavy atom. The first-order chi connectivity index (χ1) is 10.1. The Morgan fingerprint density at radius 3 is 2.29 bits per heavy atom. The largest absolute Gasteiger partial charge is 0.427 e. The fourth-order valence-electron chi connectivity index (χ4n) is 2.55. The van der Waals surface area contributed by atoms with E-state index < -0.39 is 11.9 Å². The van der Waals surface area contributed by atoms with Crippen LogP contribution >= 0.6 is 0 Å². The lowest BCUT2D eigenvalue weighted by Gasteiger charge is -2.06. The van der Waals surface area contributed by atoms with E-state index in [2.05, 4.69) is 0 Å². The minimum atomic E-state index is -0.797. The average Bonchev–Trinajstić information content (AvgIpc) is 2.71. The second-order valence-electron chi connectivity index (χ2n) is 4.87. The number of ether oxygens (including phenoxy) is 1. The molecule has 104 valence electrons. The predicted octanol–water partition coefficient (Wildman–Crippen LogP) is 2.77. The van der Waals surface area contributed by atoms with Gasteiger partial charge in [0.1, 0.15) is 11.7 Å². The van der Waals surface area contributed by atoms with Crippen LogP contribution in [-0.4, -0.2) is 17.5 Å². The fourth-order valence-corrected chi connectivity index (χ4v) is 2.55. The highest BCUT2D eigenvalue weighted by atomic mass is 16.5. The number of carbonyl (C=O) groups is 3. The topological polar surface area (TPSA) is 60.4 Å². The summed E-state index contributed by atoms with van der Waals surface area (Å²) in [4.78, 5) is 35.9. The second kappa shape index (κ2) is 4.98. The van der Waals surface area contributed by atoms with E-state index in [4.69, 9.17) is 4.74 Å². The van der Waals surface area contributed by atoms with Crippen LogP contribution in [0.15, 0.2) is 48.5 Å². The zero-order valence-electron chi connectivity index (χ0n) is 11.3. The monoisotopic (exact) mass is 280 g/mol. The van der Waals surface area contributed by atoms with Crippen LogP contribution in [-0.2, 0) is 4.79 Å². The molecule has 0 heterocycles. The van der Waals surface area contributed by atoms with Crippen LogP contribution in [0.3, 0.4) is 0 Å². The molecule has 1 atom stereocenters. The van der Waals surface area contributed by atoms with Gasteiger partial charge in [0.2, 0.25) is 0 Å². The van der Waals surface area contributed by atoms with Crippen molar-refractivity contribution in [3.63, 3.8) is 0 Å². The number of esters is 1. The fraction of sp³-hybridized carbons (Fsp3) is 0.118. The summed E-state index contributed by atoms with van der Waals surface area (Å²) >= 11 is 0. The van der Waals surface area contributed by atoms with E-state index in [-0.39, 0.29) is 17.3 Å². The highest BCUT2D eigenvalue weighted by molar-refractivity contribution is 6.29. The summed E-state index contributed by atoms with van der Waals surface area (Å²) in [6.07, 6.45) is 0. The molecule has 2 aromatic carbocycles. The van der Waals surface area contributed by atoms with Crippen molar-refractivity contribution in [3.05, 3.63) is 65.2 Å². The van der Waals surface area contributed by atoms with Gasteiger partial charge >= 0.3 is 5.97 Å². The van der Waals surface area contributed by atoms with Crippen molar-refractivity contribution in [3.8, 4) is 5.75 Å². The van der Waals surface area contributed by atoms with Crippen molar-refractivity contribution in [2.24, 2.45) is 0 Å². The molecular weight excluding hydrogens is 268 g/mol. The molecule has 0 spiro atoms. The number of hydrogen-bond donors (Lipinski definition) is 0. The van der Waals surface area contributed by atoms with Gasteiger partial charge in [-0.15, -0.1) is 0 Å². The summed E-state index contributed by atoms with van der Waals surface area (Å²) in [6, 6.07) is 13.5. The Balaban J connectivity index is 2.02. The zero-order valence-corrected chi connectivity index (χ0v) is 11.3. The lowest BCUT2D eigenvalue weighted by Crippen LogP contribution is -2.12. The van der Waals surface area contributed by atoms with Gasteiger partial charge in [0, 0.05) is 18.1 Å². The van der Waals surface area contributed by atoms with Gasteiger partial charge in [-0.1, -0.05) is 30.3 Å². The van der Waals surface area contributed by atoms with E-state index >= 15 is 0 Å². The predicted molar refractivity (Wildman–Crippen MR) is 75.6 cm³/mol. The third-order valence-electron chi connectivity index (χ3n) is 3.44. The molecule has 1 unspecified atom stereocenters. The molecule has 2 aromatic rings. The molecule has 4 heteroatoms. The maximum absolute atomic E-state index is 12.5. The van der Waals surface area contributed by atoms with Crippen LogP contribution in [0.5, 0.6) is 5.75 Å². The molecule has 4 nitrogen and oxygen atoms in total. The molecular formula is C17H12O4. The smallest absolute Gasteiger partial charge is 0.308 e. The third kappa shape index (κ3) is 2.25. The normalized spacial score (nSPS) is 16.7. The van der Waals surface area contributed by atoms with Crippen LogP contribution in [0, 0.1) is 0 Å². The molecule has 21 heavy (non-hydrogen) atoms. The van der Waals surface area contributed by atoms with E-state index in [1.807, 2.05) is 6.07 Å². The number of rotatable bonds is 2. The Labute approximate surface area is 121 Å². The van der Waals surface area contributed by atoms with Crippen LogP contribution in [0.1, 0.15) is 39.1 Å². The molecule has 0 amide bonds. The summed E-state index contributed by atoms with van der Waals surface area (Å²) in [7, 11) is 0. The molecule has 3 rings (SSSR count). The Morgan fingerprint density at radius 2 is 1.62 bits per heavy atom. The number of fused-ring (bicyclic) bond motifs is 1. The van der Waals surface area contributed by atoms with Crippen LogP contribution in [0.25, 0.3) is 0 Å². The summed E-state index contributed by atoms with van der Waals surface area (Å²) in [5, 5.41) is 0. The maximum atomic E-state index is 12.5. The van der Waals surface area contributed by atoms with Crippen molar-refractivity contribution < 1.29 is 19.1 Å². The summed E-state index contributed by atoms with van der Waals surface area (Å²) in [6.45, 7) is 1.28. The molecule has 0 fully saturated rings. The van der Waals surface area contributed by atoms with Crippen LogP contribution in [0.2, 0.25) is 0 Å². The number of carbonyl (C=O) groups excluding carboxylic acids is 3. The van der Waals surface area contributed by atoms with E-state index in [1.54, 1.807) is 24.3 Å². The molecule has 0 N–H and O–H groups in total. The van der Waals surface area contributed by atoms with Crippen molar-refractivity contribution in [1.82, 2.24) is 0 Å². The molecule has 0 aliphatic heterocycles. The standard InChI is InChI=1S/C17H12O4/c1-10(18)21-12-7-8-13-14(9-12)17(20)15(16(13)19)11-5-3-2-4-6-11/h2-9,15H,1H3. The lowest BCUT2D eigenvalue weighted by atomic mass is 9.94. The van der Waals surface area contributed by atoms with Gasteiger partial charge in [-0.3, -0.25) is 14.4 Å². The molecule has 1 aliphatic carbocycles. The first kappa shape index (κ1) is 13.2. The highest BCUT2D eigenvalue weighted by Gasteiger charge is 2.39. The third-order valence-corrected chi connectivity index (χ3v) is 3.44. The van der Waals surface area contributed by atoms with E-state index in [0.29, 0.717) is 16.7 Å². The minimum absolute atomic E-state index is 0.212. The maximum Gasteiger partial charge on any atom is 0.308 e. The quantitative estimate of drug-likeness (QED) is 0.482. The van der Waals surface area contributed by atoms with Gasteiger partial charge in [-0.05, 0) is 23.8 Å². The molecule has 0 bridgehead atoms. The van der Waals surface area contributed by atoms with E-state index in [9.17, 15) is 14.4 Å². The minimum Gasteiger partial charge on any atom is -0.427 e. The lowest BCUT2D eigenvalue weighted by molar-refractivity contribution is -0.131. The second-order valence-corrected chi connectivity index (χ2v) is 4.87. The number of hydrogen-bond acceptors (Lipinski definition) is 4. The number of Topliss-reactive ketones (excluding diaryl/α,β-unsaturated/α-hetero) is 2. The average molecular weight is 280 g/mol. The number of ketones is 2. The Kier molecular flexibility index (Phi) is 3.14. The van der Waals surface area contributed by atoms with Gasteiger partial charge in [-0.25, -0.2) is 0 Å². The molecule has 0 saturated carbocycles. The van der Waals surface area contributed by atoms with E-state index in [1.165, 1.54) is 25.1 Å². The molecule has 0 aromatic heterocycles. The van der Waals surface area contributed by atoms with Crippen LogP contribution < -0.4 is 4.74 Å². The molecule has 0 radical (unpaired) electrons. The molecule has 1 aliphatic rings. The Bertz CT molecular complexity index is 747. The van der Waals surface area contributed by atoms with Gasteiger partial charge < -0.3 is 4.74 Å². The summed E-state index contributed by atoms with van der Waals surface area (Å²) < 4.78 is 4.96. The van der Waals surface area contributed by atoms with E-state index in [0.717, 1.165) is 0 Å². The van der Waals surface area contributed by atoms with Crippen LogP contribution in [0.4, 0.5) is 0 Å². The van der Waals surface area contributed by atoms with Crippen molar-refractivity contribution in [1.29, 1.82) is 0 Å². The highest BCUT2D eigenvalue weighted by Crippen LogP contribution is 2.35. The first-order valence-corrected chi connectivity index (χ1v) is 6.54. The van der Waals surface area contributed by atoms with Gasteiger partial charge in [0.25, 0.3) is 0 Å². The summed E-state index contributed by atoms with van der Waals surface area (Å²) in [5.41, 5.74) is 1.37. The first-order valence-electron chi connectivity index (χ1n) is 6.54. The van der Waals surface area contributed by atoms with Crippen molar-refractivity contribution in [2.75, 3.05) is 0 Å². The summed E-state index contributed by atoms with van der Waals surface area (Å²) in [5.74, 6) is -1.46. The SMILES string of the molecule is CC(=O)Oc1ccc2c(c1)C(=O)C(c1ccccc1)C2=O. The zero-order chi connectivity index (χ0) is 15.0. The molecule has 0 saturated heterocycles.